The largest absolute Gasteiger partial charge is 0.478 e. The normalized spacial score (nSPS) is 15.1. The molecule has 0 atom stereocenters. The number of hydrogen-bond acceptors (Lipinski definition) is 6. The van der Waals surface area contributed by atoms with Crippen LogP contribution in [0.1, 0.15) is 53.2 Å². The molecular formula is C26H27ClN4O4S. The van der Waals surface area contributed by atoms with Gasteiger partial charge in [-0.1, -0.05) is 22.8 Å². The van der Waals surface area contributed by atoms with Gasteiger partial charge in [-0.15, -0.1) is 11.3 Å². The first kappa shape index (κ1) is 24.5. The summed E-state index contributed by atoms with van der Waals surface area (Å²) in [6.45, 7) is 6.48. The van der Waals surface area contributed by atoms with Crippen LogP contribution >= 0.6 is 22.9 Å². The Morgan fingerprint density at radius 2 is 2.00 bits per heavy atom. The van der Waals surface area contributed by atoms with E-state index in [0.717, 1.165) is 30.8 Å². The van der Waals surface area contributed by atoms with Gasteiger partial charge in [0, 0.05) is 42.1 Å². The Labute approximate surface area is 217 Å². The Kier molecular flexibility index (Phi) is 6.87. The number of nitrogens with zero attached hydrogens (tertiary/aromatic N) is 3. The van der Waals surface area contributed by atoms with Crippen molar-refractivity contribution in [1.82, 2.24) is 19.9 Å². The van der Waals surface area contributed by atoms with Crippen molar-refractivity contribution in [3.8, 4) is 10.6 Å². The Morgan fingerprint density at radius 1 is 1.22 bits per heavy atom. The van der Waals surface area contributed by atoms with Gasteiger partial charge in [-0.2, -0.15) is 0 Å². The molecule has 188 valence electrons. The van der Waals surface area contributed by atoms with Crippen molar-refractivity contribution in [2.75, 3.05) is 13.1 Å². The topological polar surface area (TPSA) is 101 Å². The molecule has 10 heteroatoms. The second-order valence-electron chi connectivity index (χ2n) is 9.32. The first-order valence-corrected chi connectivity index (χ1v) is 13.1. The van der Waals surface area contributed by atoms with Gasteiger partial charge >= 0.3 is 5.97 Å². The zero-order valence-electron chi connectivity index (χ0n) is 20.0. The number of carboxylic acid groups (broad SMARTS) is 1. The third-order valence-electron chi connectivity index (χ3n) is 6.70. The number of hydrogen-bond donors (Lipinski definition) is 2. The molecule has 4 heterocycles. The number of likely N-dealkylation sites (tertiary alicyclic amines) is 1. The van der Waals surface area contributed by atoms with E-state index in [1.165, 1.54) is 11.3 Å². The lowest BCUT2D eigenvalue weighted by atomic mass is 10.0. The molecule has 5 rings (SSSR count). The van der Waals surface area contributed by atoms with Gasteiger partial charge in [-0.25, -0.2) is 4.79 Å². The van der Waals surface area contributed by atoms with Crippen molar-refractivity contribution in [3.05, 3.63) is 63.8 Å². The zero-order chi connectivity index (χ0) is 25.4. The van der Waals surface area contributed by atoms with Crippen molar-refractivity contribution in [1.29, 1.82) is 0 Å². The quantitative estimate of drug-likeness (QED) is 0.336. The smallest absolute Gasteiger partial charge is 0.336 e. The highest BCUT2D eigenvalue weighted by atomic mass is 35.5. The lowest BCUT2D eigenvalue weighted by molar-refractivity contribution is 0.0698. The van der Waals surface area contributed by atoms with Gasteiger partial charge < -0.3 is 24.4 Å². The molecule has 0 unspecified atom stereocenters. The number of carbonyl (C=O) groups is 2. The molecule has 0 spiro atoms. The van der Waals surface area contributed by atoms with Crippen LogP contribution in [0.25, 0.3) is 21.5 Å². The number of rotatable bonds is 7. The average Bonchev–Trinajstić information content (AvgIpc) is 3.58. The van der Waals surface area contributed by atoms with Crippen molar-refractivity contribution >= 4 is 45.7 Å². The van der Waals surface area contributed by atoms with Gasteiger partial charge in [-0.05, 0) is 57.0 Å². The van der Waals surface area contributed by atoms with E-state index in [2.05, 4.69) is 29.2 Å². The van der Waals surface area contributed by atoms with Gasteiger partial charge in [-0.3, -0.25) is 4.79 Å². The number of benzene rings is 1. The van der Waals surface area contributed by atoms with Crippen LogP contribution in [0.3, 0.4) is 0 Å². The molecular weight excluding hydrogens is 500 g/mol. The number of thiophene rings is 1. The maximum absolute atomic E-state index is 13.5. The second kappa shape index (κ2) is 10.1. The molecule has 4 aromatic rings. The minimum Gasteiger partial charge on any atom is -0.478 e. The Bertz CT molecular complexity index is 1410. The van der Waals surface area contributed by atoms with Crippen LogP contribution in [-0.2, 0) is 6.54 Å². The van der Waals surface area contributed by atoms with Gasteiger partial charge in [0.05, 0.1) is 21.3 Å². The van der Waals surface area contributed by atoms with Crippen LogP contribution < -0.4 is 5.32 Å². The molecule has 1 aliphatic heterocycles. The van der Waals surface area contributed by atoms with Crippen molar-refractivity contribution in [2.24, 2.45) is 0 Å². The lowest BCUT2D eigenvalue weighted by Crippen LogP contribution is -2.46. The number of aromatic carboxylic acids is 1. The number of nitrogens with one attached hydrogen (secondary N) is 1. The van der Waals surface area contributed by atoms with E-state index in [0.29, 0.717) is 38.4 Å². The summed E-state index contributed by atoms with van der Waals surface area (Å²) in [5, 5.41) is 17.6. The van der Waals surface area contributed by atoms with Crippen LogP contribution in [0.15, 0.2) is 47.0 Å². The van der Waals surface area contributed by atoms with E-state index in [1.807, 2.05) is 22.8 Å². The van der Waals surface area contributed by atoms with Crippen LogP contribution in [0.4, 0.5) is 0 Å². The average molecular weight is 527 g/mol. The number of fused-ring (bicyclic) bond motifs is 1. The maximum Gasteiger partial charge on any atom is 0.336 e. The van der Waals surface area contributed by atoms with E-state index in [1.54, 1.807) is 24.3 Å². The second-order valence-corrected chi connectivity index (χ2v) is 11.0. The van der Waals surface area contributed by atoms with Crippen molar-refractivity contribution in [2.45, 2.75) is 45.3 Å². The molecule has 0 saturated carbocycles. The molecule has 1 amide bonds. The Balaban J connectivity index is 1.46. The molecule has 2 N–H and O–H groups in total. The number of amides is 1. The van der Waals surface area contributed by atoms with Crippen molar-refractivity contribution < 1.29 is 19.2 Å². The van der Waals surface area contributed by atoms with Crippen molar-refractivity contribution in [3.63, 3.8) is 0 Å². The van der Waals surface area contributed by atoms with Crippen LogP contribution in [0, 0.1) is 0 Å². The minimum atomic E-state index is -1.04. The first-order valence-electron chi connectivity index (χ1n) is 11.9. The molecule has 0 radical (unpaired) electrons. The van der Waals surface area contributed by atoms with E-state index in [9.17, 15) is 14.7 Å². The zero-order valence-corrected chi connectivity index (χ0v) is 21.6. The van der Waals surface area contributed by atoms with E-state index in [-0.39, 0.29) is 24.1 Å². The van der Waals surface area contributed by atoms with Gasteiger partial charge in [0.25, 0.3) is 5.91 Å². The minimum absolute atomic E-state index is 0.0696. The number of halogens is 1. The third kappa shape index (κ3) is 4.91. The lowest BCUT2D eigenvalue weighted by Gasteiger charge is -2.34. The fraction of sp³-hybridized carbons (Fsp3) is 0.346. The third-order valence-corrected chi connectivity index (χ3v) is 7.94. The summed E-state index contributed by atoms with van der Waals surface area (Å²) >= 11 is 7.45. The number of piperidine rings is 1. The van der Waals surface area contributed by atoms with Gasteiger partial charge in [0.15, 0.2) is 5.76 Å². The summed E-state index contributed by atoms with van der Waals surface area (Å²) in [5.41, 5.74) is 1.82. The number of aromatic nitrogens is 2. The summed E-state index contributed by atoms with van der Waals surface area (Å²) in [4.78, 5) is 28.6. The standard InChI is InChI=1S/C26H27ClN4O4S/c1-15(2)30-10-8-16(9-11-30)28-25(32)21-13-19-18(26(33)34)4-3-5-20(19)31(21)14-17-12-22(35-29-17)23-6-7-24(27)36-23/h3-7,12-13,15-16H,8-11,14H2,1-2H3,(H,28,32)(H,33,34). The molecule has 3 aromatic heterocycles. The number of carbonyl (C=O) groups excluding carboxylic acids is 1. The van der Waals surface area contributed by atoms with Gasteiger partial charge in [0.2, 0.25) is 0 Å². The molecule has 1 aromatic carbocycles. The predicted molar refractivity (Wildman–Crippen MR) is 140 cm³/mol. The summed E-state index contributed by atoms with van der Waals surface area (Å²) in [5.74, 6) is -0.671. The highest BCUT2D eigenvalue weighted by molar-refractivity contribution is 7.19. The van der Waals surface area contributed by atoms with E-state index < -0.39 is 5.97 Å². The van der Waals surface area contributed by atoms with Crippen LogP contribution in [0.2, 0.25) is 4.34 Å². The summed E-state index contributed by atoms with van der Waals surface area (Å²) in [6, 6.07) is 12.8. The predicted octanol–water partition coefficient (Wildman–Crippen LogP) is 5.36. The Morgan fingerprint density at radius 3 is 2.67 bits per heavy atom. The fourth-order valence-corrected chi connectivity index (χ4v) is 5.75. The first-order chi connectivity index (χ1) is 17.3. The summed E-state index contributed by atoms with van der Waals surface area (Å²) in [6.07, 6.45) is 1.75. The Hall–Kier alpha value is -3.14. The molecule has 8 nitrogen and oxygen atoms in total. The van der Waals surface area contributed by atoms with Crippen LogP contribution in [0.5, 0.6) is 0 Å². The molecule has 1 aliphatic rings. The molecule has 1 fully saturated rings. The van der Waals surface area contributed by atoms with E-state index >= 15 is 0 Å². The van der Waals surface area contributed by atoms with Crippen LogP contribution in [-0.4, -0.2) is 56.8 Å². The fourth-order valence-electron chi connectivity index (χ4n) is 4.76. The summed E-state index contributed by atoms with van der Waals surface area (Å²) < 4.78 is 7.99. The maximum atomic E-state index is 13.5. The SMILES string of the molecule is CC(C)N1CCC(NC(=O)c2cc3c(C(=O)O)cccc3n2Cc2cc(-c3ccc(Cl)s3)on2)CC1. The molecule has 1 saturated heterocycles. The highest BCUT2D eigenvalue weighted by Gasteiger charge is 2.25. The molecule has 36 heavy (non-hydrogen) atoms. The van der Waals surface area contributed by atoms with Gasteiger partial charge in [0.1, 0.15) is 11.4 Å². The molecule has 0 aliphatic carbocycles. The molecule has 0 bridgehead atoms. The monoisotopic (exact) mass is 526 g/mol. The summed E-state index contributed by atoms with van der Waals surface area (Å²) in [7, 11) is 0. The van der Waals surface area contributed by atoms with E-state index in [4.69, 9.17) is 16.1 Å². The number of carboxylic acids is 1. The highest BCUT2D eigenvalue weighted by Crippen LogP contribution is 2.32.